The first-order valence-electron chi connectivity index (χ1n) is 6.57. The van der Waals surface area contributed by atoms with Gasteiger partial charge in [-0.15, -0.1) is 0 Å². The van der Waals surface area contributed by atoms with E-state index in [1.807, 2.05) is 0 Å². The molecule has 1 aromatic rings. The van der Waals surface area contributed by atoms with Crippen LogP contribution in [0.4, 0.5) is 5.69 Å². The van der Waals surface area contributed by atoms with Crippen LogP contribution in [0, 0.1) is 11.3 Å². The Morgan fingerprint density at radius 2 is 1.91 bits per heavy atom. The zero-order valence-corrected chi connectivity index (χ0v) is 12.4. The summed E-state index contributed by atoms with van der Waals surface area (Å²) in [4.78, 5) is 34.0. The lowest BCUT2D eigenvalue weighted by Crippen LogP contribution is -2.41. The van der Waals surface area contributed by atoms with Gasteiger partial charge in [-0.25, -0.2) is 4.79 Å². The number of nitriles is 1. The second kappa shape index (κ2) is 8.42. The molecule has 0 saturated carbocycles. The summed E-state index contributed by atoms with van der Waals surface area (Å²) in [7, 11) is 1.25. The molecule has 0 aliphatic rings. The van der Waals surface area contributed by atoms with Gasteiger partial charge in [0, 0.05) is 19.0 Å². The Hall–Kier alpha value is -2.88. The van der Waals surface area contributed by atoms with E-state index >= 15 is 0 Å². The van der Waals surface area contributed by atoms with Gasteiger partial charge >= 0.3 is 5.97 Å². The van der Waals surface area contributed by atoms with Gasteiger partial charge in [0.2, 0.25) is 11.8 Å². The number of rotatable bonds is 6. The van der Waals surface area contributed by atoms with Crippen molar-refractivity contribution < 1.29 is 19.1 Å². The quantitative estimate of drug-likeness (QED) is 0.754. The Bertz CT molecular complexity index is 590. The molecule has 1 atom stereocenters. The van der Waals surface area contributed by atoms with E-state index in [4.69, 9.17) is 5.26 Å². The Morgan fingerprint density at radius 3 is 2.41 bits per heavy atom. The van der Waals surface area contributed by atoms with Gasteiger partial charge in [-0.1, -0.05) is 12.1 Å². The van der Waals surface area contributed by atoms with Gasteiger partial charge in [-0.2, -0.15) is 5.26 Å². The van der Waals surface area contributed by atoms with E-state index in [-0.39, 0.29) is 24.7 Å². The van der Waals surface area contributed by atoms with Crippen molar-refractivity contribution >= 4 is 23.5 Å². The molecule has 22 heavy (non-hydrogen) atoms. The van der Waals surface area contributed by atoms with Crippen LogP contribution in [0.3, 0.4) is 0 Å². The van der Waals surface area contributed by atoms with Crippen LogP contribution in [0.1, 0.15) is 18.9 Å². The molecular formula is C15H17N3O4. The predicted octanol–water partition coefficient (Wildman–Crippen LogP) is 0.759. The van der Waals surface area contributed by atoms with Crippen LogP contribution < -0.4 is 10.6 Å². The lowest BCUT2D eigenvalue weighted by molar-refractivity contribution is -0.144. The fourth-order valence-electron chi connectivity index (χ4n) is 1.82. The molecule has 0 bridgehead atoms. The van der Waals surface area contributed by atoms with Crippen LogP contribution in [-0.2, 0) is 25.5 Å². The number of benzene rings is 1. The second-order valence-electron chi connectivity index (χ2n) is 4.56. The van der Waals surface area contributed by atoms with Crippen molar-refractivity contribution in [3.63, 3.8) is 0 Å². The van der Waals surface area contributed by atoms with E-state index < -0.39 is 12.0 Å². The molecule has 7 heteroatoms. The number of carbonyl (C=O) groups excluding carboxylic acids is 3. The van der Waals surface area contributed by atoms with E-state index in [1.165, 1.54) is 14.0 Å². The summed E-state index contributed by atoms with van der Waals surface area (Å²) < 4.78 is 4.65. The van der Waals surface area contributed by atoms with Crippen molar-refractivity contribution in [2.45, 2.75) is 25.8 Å². The average molecular weight is 303 g/mol. The Morgan fingerprint density at radius 1 is 1.27 bits per heavy atom. The molecule has 0 fully saturated rings. The number of nitrogens with one attached hydrogen (secondary N) is 2. The third-order valence-electron chi connectivity index (χ3n) is 2.78. The maximum Gasteiger partial charge on any atom is 0.328 e. The van der Waals surface area contributed by atoms with Crippen molar-refractivity contribution in [2.24, 2.45) is 0 Å². The number of nitrogens with zero attached hydrogens (tertiary/aromatic N) is 1. The molecule has 2 amide bonds. The minimum Gasteiger partial charge on any atom is -0.467 e. The fourth-order valence-corrected chi connectivity index (χ4v) is 1.82. The number of hydrogen-bond acceptors (Lipinski definition) is 5. The highest BCUT2D eigenvalue weighted by atomic mass is 16.5. The maximum absolute atomic E-state index is 11.6. The van der Waals surface area contributed by atoms with Crippen molar-refractivity contribution in [3.8, 4) is 6.07 Å². The molecule has 0 heterocycles. The third kappa shape index (κ3) is 5.63. The van der Waals surface area contributed by atoms with Gasteiger partial charge < -0.3 is 15.4 Å². The smallest absolute Gasteiger partial charge is 0.328 e. The maximum atomic E-state index is 11.6. The van der Waals surface area contributed by atoms with Gasteiger partial charge in [-0.05, 0) is 17.7 Å². The predicted molar refractivity (Wildman–Crippen MR) is 78.6 cm³/mol. The Labute approximate surface area is 128 Å². The first-order chi connectivity index (χ1) is 10.5. The largest absolute Gasteiger partial charge is 0.467 e. The second-order valence-corrected chi connectivity index (χ2v) is 4.56. The number of methoxy groups -OCH3 is 1. The van der Waals surface area contributed by atoms with Gasteiger partial charge in [0.15, 0.2) is 0 Å². The molecule has 0 saturated heterocycles. The minimum absolute atomic E-state index is 0.214. The molecule has 0 aromatic heterocycles. The average Bonchev–Trinajstić information content (AvgIpc) is 2.47. The summed E-state index contributed by atoms with van der Waals surface area (Å²) in [5.74, 6) is -1.24. The van der Waals surface area contributed by atoms with Gasteiger partial charge in [0.25, 0.3) is 0 Å². The molecule has 1 aromatic carbocycles. The van der Waals surface area contributed by atoms with Crippen LogP contribution in [-0.4, -0.2) is 30.9 Å². The first-order valence-corrected chi connectivity index (χ1v) is 6.57. The van der Waals surface area contributed by atoms with Crippen molar-refractivity contribution in [1.29, 1.82) is 5.26 Å². The molecule has 0 aliphatic heterocycles. The highest BCUT2D eigenvalue weighted by Gasteiger charge is 2.20. The number of esters is 1. The Kier molecular flexibility index (Phi) is 6.57. The number of amides is 2. The normalized spacial score (nSPS) is 11.0. The fraction of sp³-hybridized carbons (Fsp3) is 0.333. The van der Waals surface area contributed by atoms with E-state index in [0.717, 1.165) is 5.56 Å². The van der Waals surface area contributed by atoms with E-state index in [9.17, 15) is 14.4 Å². The van der Waals surface area contributed by atoms with E-state index in [1.54, 1.807) is 30.3 Å². The summed E-state index contributed by atoms with van der Waals surface area (Å²) in [5, 5.41) is 13.5. The van der Waals surface area contributed by atoms with Crippen LogP contribution in [0.5, 0.6) is 0 Å². The van der Waals surface area contributed by atoms with Crippen LogP contribution >= 0.6 is 0 Å². The molecule has 2 N–H and O–H groups in total. The molecular weight excluding hydrogens is 286 g/mol. The highest BCUT2D eigenvalue weighted by Crippen LogP contribution is 2.12. The molecule has 1 unspecified atom stereocenters. The summed E-state index contributed by atoms with van der Waals surface area (Å²) in [5.41, 5.74) is 1.35. The minimum atomic E-state index is -0.762. The summed E-state index contributed by atoms with van der Waals surface area (Å²) >= 11 is 0. The Balaban J connectivity index is 2.72. The molecule has 7 nitrogen and oxygen atoms in total. The van der Waals surface area contributed by atoms with Crippen LogP contribution in [0.2, 0.25) is 0 Å². The molecule has 1 rings (SSSR count). The zero-order valence-electron chi connectivity index (χ0n) is 12.4. The number of hydrogen-bond donors (Lipinski definition) is 2. The van der Waals surface area contributed by atoms with Crippen LogP contribution in [0.15, 0.2) is 24.3 Å². The third-order valence-corrected chi connectivity index (χ3v) is 2.78. The lowest BCUT2D eigenvalue weighted by Gasteiger charge is -2.15. The summed E-state index contributed by atoms with van der Waals surface area (Å²) in [6.07, 6.45) is 0.0629. The van der Waals surface area contributed by atoms with Crippen LogP contribution in [0.25, 0.3) is 0 Å². The SMILES string of the molecule is COC(=O)C(Cc1ccc(NC(=O)CC#N)cc1)NC(C)=O. The molecule has 116 valence electrons. The zero-order chi connectivity index (χ0) is 16.5. The summed E-state index contributed by atoms with van der Waals surface area (Å²) in [6.45, 7) is 1.32. The summed E-state index contributed by atoms with van der Waals surface area (Å²) in [6, 6.07) is 7.76. The first kappa shape index (κ1) is 17.2. The van der Waals surface area contributed by atoms with E-state index in [2.05, 4.69) is 15.4 Å². The van der Waals surface area contributed by atoms with Gasteiger partial charge in [0.05, 0.1) is 13.2 Å². The van der Waals surface area contributed by atoms with E-state index in [0.29, 0.717) is 5.69 Å². The number of anilines is 1. The highest BCUT2D eigenvalue weighted by molar-refractivity contribution is 5.92. The monoisotopic (exact) mass is 303 g/mol. The standard InChI is InChI=1S/C15H17N3O4/c1-10(19)17-13(15(21)22-2)9-11-3-5-12(6-4-11)18-14(20)7-8-16/h3-6,13H,7,9H2,1-2H3,(H,17,19)(H,18,20). The van der Waals surface area contributed by atoms with Gasteiger partial charge in [0.1, 0.15) is 12.5 Å². The molecule has 0 spiro atoms. The van der Waals surface area contributed by atoms with Crippen molar-refractivity contribution in [3.05, 3.63) is 29.8 Å². The molecule has 0 radical (unpaired) electrons. The lowest BCUT2D eigenvalue weighted by atomic mass is 10.1. The van der Waals surface area contributed by atoms with Crippen molar-refractivity contribution in [1.82, 2.24) is 5.32 Å². The molecule has 0 aliphatic carbocycles. The van der Waals surface area contributed by atoms with Crippen molar-refractivity contribution in [2.75, 3.05) is 12.4 Å². The number of carbonyl (C=O) groups is 3. The number of ether oxygens (including phenoxy) is 1. The topological polar surface area (TPSA) is 108 Å². The van der Waals surface area contributed by atoms with Gasteiger partial charge in [-0.3, -0.25) is 9.59 Å².